The summed E-state index contributed by atoms with van der Waals surface area (Å²) in [6, 6.07) is -0.932. The fourth-order valence-corrected chi connectivity index (χ4v) is 12.2. The fraction of sp³-hybridized carbons (Fsp3) is 0.831. The first-order valence-electron chi connectivity index (χ1n) is 37.7. The minimum atomic E-state index is -1.79. The Bertz CT molecular complexity index is 1800. The Labute approximate surface area is 555 Å². The van der Waals surface area contributed by atoms with E-state index in [0.717, 1.165) is 57.8 Å². The minimum absolute atomic E-state index is 0.245. The van der Waals surface area contributed by atoms with Gasteiger partial charge in [0.25, 0.3) is 0 Å². The average molecular weight is 1290 g/mol. The summed E-state index contributed by atoms with van der Waals surface area (Å²) in [5.41, 5.74) is 0. The van der Waals surface area contributed by atoms with Gasteiger partial charge < -0.3 is 65.1 Å². The Morgan fingerprint density at radius 2 is 0.769 bits per heavy atom. The van der Waals surface area contributed by atoms with Crippen molar-refractivity contribution < 1.29 is 64.6 Å². The van der Waals surface area contributed by atoms with Crippen LogP contribution in [0.25, 0.3) is 0 Å². The lowest BCUT2D eigenvalue weighted by atomic mass is 9.97. The molecule has 2 aliphatic heterocycles. The minimum Gasteiger partial charge on any atom is -0.394 e. The number of ether oxygens (including phenoxy) is 4. The highest BCUT2D eigenvalue weighted by Gasteiger charge is 2.51. The van der Waals surface area contributed by atoms with E-state index >= 15 is 0 Å². The molecule has 9 N–H and O–H groups in total. The summed E-state index contributed by atoms with van der Waals surface area (Å²) in [4.78, 5) is 13.3. The molecule has 0 radical (unpaired) electrons. The molecule has 2 heterocycles. The number of nitrogens with one attached hydrogen (secondary N) is 1. The molecule has 0 saturated carbocycles. The van der Waals surface area contributed by atoms with E-state index in [9.17, 15) is 45.6 Å². The molecular formula is C77H139NO13. The Hall–Kier alpha value is -2.57. The van der Waals surface area contributed by atoms with Gasteiger partial charge in [-0.25, -0.2) is 0 Å². The number of carbonyl (C=O) groups excluding carboxylic acids is 1. The molecule has 0 aromatic rings. The van der Waals surface area contributed by atoms with Crippen LogP contribution in [0.15, 0.2) is 72.9 Å². The molecule has 2 fully saturated rings. The predicted molar refractivity (Wildman–Crippen MR) is 373 cm³/mol. The predicted octanol–water partition coefficient (Wildman–Crippen LogP) is 16.2. The summed E-state index contributed by atoms with van der Waals surface area (Å²) in [6.07, 6.45) is 67.1. The fourth-order valence-electron chi connectivity index (χ4n) is 12.2. The molecule has 12 unspecified atom stereocenters. The molecule has 2 rings (SSSR count). The number of carbonyl (C=O) groups is 1. The number of aliphatic hydroxyl groups excluding tert-OH is 8. The van der Waals surface area contributed by atoms with E-state index in [-0.39, 0.29) is 18.9 Å². The Kier molecular flexibility index (Phi) is 56.7. The van der Waals surface area contributed by atoms with Crippen LogP contribution in [-0.2, 0) is 23.7 Å². The highest BCUT2D eigenvalue weighted by molar-refractivity contribution is 5.76. The van der Waals surface area contributed by atoms with Crippen molar-refractivity contribution in [3.8, 4) is 0 Å². The molecular weight excluding hydrogens is 1150 g/mol. The second kappa shape index (κ2) is 61.1. The van der Waals surface area contributed by atoms with Gasteiger partial charge in [0.05, 0.1) is 32.0 Å². The van der Waals surface area contributed by atoms with Gasteiger partial charge in [-0.1, -0.05) is 311 Å². The topological polar surface area (TPSA) is 228 Å². The largest absolute Gasteiger partial charge is 0.394 e. The molecule has 0 aromatic heterocycles. The van der Waals surface area contributed by atoms with Crippen LogP contribution in [-0.4, -0.2) is 140 Å². The first-order chi connectivity index (χ1) is 44.6. The maximum Gasteiger partial charge on any atom is 0.220 e. The van der Waals surface area contributed by atoms with Crippen LogP contribution >= 0.6 is 0 Å². The molecule has 12 atom stereocenters. The van der Waals surface area contributed by atoms with Gasteiger partial charge in [-0.2, -0.15) is 0 Å². The Balaban J connectivity index is 1.55. The summed E-state index contributed by atoms with van der Waals surface area (Å²) in [5.74, 6) is -0.245. The quantitative estimate of drug-likeness (QED) is 0.0204. The average Bonchev–Trinajstić information content (AvgIpc) is 1.24. The number of hydrogen-bond acceptors (Lipinski definition) is 13. The van der Waals surface area contributed by atoms with Gasteiger partial charge in [-0.05, 0) is 70.6 Å². The van der Waals surface area contributed by atoms with Gasteiger partial charge in [0.2, 0.25) is 5.91 Å². The van der Waals surface area contributed by atoms with E-state index in [1.54, 1.807) is 6.08 Å². The second-order valence-electron chi connectivity index (χ2n) is 26.4. The lowest BCUT2D eigenvalue weighted by molar-refractivity contribution is -0.359. The molecule has 0 aromatic carbocycles. The van der Waals surface area contributed by atoms with Crippen molar-refractivity contribution in [2.75, 3.05) is 19.8 Å². The van der Waals surface area contributed by atoms with Crippen LogP contribution in [0.4, 0.5) is 0 Å². The van der Waals surface area contributed by atoms with Gasteiger partial charge in [-0.15, -0.1) is 0 Å². The molecule has 14 nitrogen and oxygen atoms in total. The lowest BCUT2D eigenvalue weighted by Gasteiger charge is -2.46. The maximum absolute atomic E-state index is 13.3. The summed E-state index contributed by atoms with van der Waals surface area (Å²) in [7, 11) is 0. The zero-order valence-electron chi connectivity index (χ0n) is 57.8. The van der Waals surface area contributed by atoms with Crippen molar-refractivity contribution in [1.82, 2.24) is 5.32 Å². The van der Waals surface area contributed by atoms with Gasteiger partial charge in [0.15, 0.2) is 12.6 Å². The van der Waals surface area contributed by atoms with Crippen molar-refractivity contribution in [3.63, 3.8) is 0 Å². The first kappa shape index (κ1) is 84.5. The third kappa shape index (κ3) is 44.7. The van der Waals surface area contributed by atoms with Crippen LogP contribution < -0.4 is 5.32 Å². The van der Waals surface area contributed by atoms with Gasteiger partial charge in [-0.3, -0.25) is 4.79 Å². The molecule has 0 spiro atoms. The highest BCUT2D eigenvalue weighted by atomic mass is 16.7. The van der Waals surface area contributed by atoms with Crippen molar-refractivity contribution in [1.29, 1.82) is 0 Å². The van der Waals surface area contributed by atoms with Gasteiger partial charge in [0, 0.05) is 6.42 Å². The SMILES string of the molecule is CC/C=C\C/C=C\C/C=C\C/C=C\CCCCCCCCCCCCCCCCCCCCCCCCCCCCCCC(=O)NC(COC1OC(CO)C(OC2OC(CO)C(O)C(O)C2O)C(O)C1O)C(O)/C=C/CC/C=C/CCCCCCCCCCCC. The van der Waals surface area contributed by atoms with Gasteiger partial charge in [0.1, 0.15) is 48.8 Å². The van der Waals surface area contributed by atoms with Crippen LogP contribution in [0, 0.1) is 0 Å². The highest BCUT2D eigenvalue weighted by Crippen LogP contribution is 2.30. The standard InChI is InChI=1S/C77H139NO13/c1-3-5-7-9-11-13-15-17-19-21-22-23-24-25-26-27-28-29-30-31-32-33-34-35-36-37-38-39-40-41-42-43-44-45-47-49-51-53-55-57-59-61-69(82)78-65(66(81)60-58-56-54-52-50-48-46-20-18-16-14-12-10-8-6-4-2)64-88-76-74(87)72(85)75(68(63-80)90-76)91-77-73(86)71(84)70(83)67(62-79)89-77/h5,7,11,13,17,19,22-23,50,52,58,60,65-68,70-77,79-81,83-87H,3-4,6,8-10,12,14-16,18,20-21,24-49,51,53-57,59,61-64H2,1-2H3,(H,78,82)/b7-5-,13-11-,19-17-,23-22-,52-50+,60-58+. The zero-order chi connectivity index (χ0) is 65.9. The summed E-state index contributed by atoms with van der Waals surface area (Å²) in [6.45, 7) is 2.69. The third-order valence-corrected chi connectivity index (χ3v) is 18.1. The summed E-state index contributed by atoms with van der Waals surface area (Å²) < 4.78 is 22.8. The lowest BCUT2D eigenvalue weighted by Crippen LogP contribution is -2.65. The smallest absolute Gasteiger partial charge is 0.220 e. The van der Waals surface area contributed by atoms with Crippen LogP contribution in [0.2, 0.25) is 0 Å². The van der Waals surface area contributed by atoms with Crippen LogP contribution in [0.1, 0.15) is 316 Å². The second-order valence-corrected chi connectivity index (χ2v) is 26.4. The third-order valence-electron chi connectivity index (χ3n) is 18.1. The van der Waals surface area contributed by atoms with Crippen LogP contribution in [0.5, 0.6) is 0 Å². The summed E-state index contributed by atoms with van der Waals surface area (Å²) in [5, 5.41) is 87.4. The van der Waals surface area contributed by atoms with Crippen molar-refractivity contribution in [2.45, 2.75) is 389 Å². The van der Waals surface area contributed by atoms with E-state index in [1.807, 2.05) is 6.08 Å². The van der Waals surface area contributed by atoms with Crippen LogP contribution in [0.3, 0.4) is 0 Å². The molecule has 2 aliphatic rings. The molecule has 91 heavy (non-hydrogen) atoms. The van der Waals surface area contributed by atoms with E-state index in [0.29, 0.717) is 12.8 Å². The number of aliphatic hydroxyl groups is 8. The first-order valence-corrected chi connectivity index (χ1v) is 37.7. The molecule has 2 saturated heterocycles. The van der Waals surface area contributed by atoms with Crippen molar-refractivity contribution in [2.24, 2.45) is 0 Å². The molecule has 0 aliphatic carbocycles. The number of hydrogen-bond donors (Lipinski definition) is 9. The zero-order valence-corrected chi connectivity index (χ0v) is 57.8. The monoisotopic (exact) mass is 1290 g/mol. The Morgan fingerprint density at radius 3 is 1.21 bits per heavy atom. The number of amides is 1. The molecule has 530 valence electrons. The van der Waals surface area contributed by atoms with Gasteiger partial charge >= 0.3 is 0 Å². The van der Waals surface area contributed by atoms with E-state index < -0.39 is 86.8 Å². The molecule has 14 heteroatoms. The number of allylic oxidation sites excluding steroid dienone is 11. The number of unbranched alkanes of at least 4 members (excludes halogenated alkanes) is 39. The number of rotatable bonds is 62. The van der Waals surface area contributed by atoms with E-state index in [4.69, 9.17) is 18.9 Å². The molecule has 1 amide bonds. The summed E-state index contributed by atoms with van der Waals surface area (Å²) >= 11 is 0. The van der Waals surface area contributed by atoms with E-state index in [1.165, 1.54) is 225 Å². The van der Waals surface area contributed by atoms with Crippen molar-refractivity contribution in [3.05, 3.63) is 72.9 Å². The Morgan fingerprint density at radius 1 is 0.407 bits per heavy atom. The van der Waals surface area contributed by atoms with Crippen molar-refractivity contribution >= 4 is 5.91 Å². The maximum atomic E-state index is 13.3. The van der Waals surface area contributed by atoms with E-state index in [2.05, 4.69) is 79.9 Å². The normalized spacial score (nSPS) is 23.2. The molecule has 0 bridgehead atoms.